The van der Waals surface area contributed by atoms with Gasteiger partial charge in [0.1, 0.15) is 22.7 Å². The summed E-state index contributed by atoms with van der Waals surface area (Å²) in [6.45, 7) is 1.52. The molecule has 0 spiro atoms. The number of allylic oxidation sites excluding steroid dienone is 1. The summed E-state index contributed by atoms with van der Waals surface area (Å²) in [6.07, 6.45) is 4.56. The van der Waals surface area contributed by atoms with Gasteiger partial charge in [-0.15, -0.1) is 11.3 Å². The van der Waals surface area contributed by atoms with Crippen LogP contribution in [0.15, 0.2) is 47.4 Å². The SMILES string of the molecule is CCOC(=O)C(C#N)=C([O-])C(=CC(=O)c1ccc(Cl)cc1)Nc1sc2c(c1C#N)CCCC2.[K+]. The van der Waals surface area contributed by atoms with Gasteiger partial charge in [0.15, 0.2) is 5.78 Å². The minimum absolute atomic E-state index is 0. The molecule has 1 aromatic heterocycles. The van der Waals surface area contributed by atoms with Crippen molar-refractivity contribution in [3.8, 4) is 12.1 Å². The van der Waals surface area contributed by atoms with Gasteiger partial charge in [0.2, 0.25) is 0 Å². The van der Waals surface area contributed by atoms with E-state index in [9.17, 15) is 25.2 Å². The second-order valence-electron chi connectivity index (χ2n) is 7.12. The Morgan fingerprint density at radius 3 is 2.53 bits per heavy atom. The van der Waals surface area contributed by atoms with E-state index in [2.05, 4.69) is 11.4 Å². The van der Waals surface area contributed by atoms with Gasteiger partial charge in [-0.25, -0.2) is 4.79 Å². The molecule has 0 aliphatic heterocycles. The number of rotatable bonds is 7. The number of nitrogens with one attached hydrogen (secondary N) is 1. The molecule has 10 heteroatoms. The van der Waals surface area contributed by atoms with Crippen LogP contribution in [0.2, 0.25) is 5.02 Å². The van der Waals surface area contributed by atoms with Gasteiger partial charge in [0.05, 0.1) is 12.2 Å². The first-order valence-corrected chi connectivity index (χ1v) is 11.4. The van der Waals surface area contributed by atoms with E-state index in [1.807, 2.05) is 0 Å². The second-order valence-corrected chi connectivity index (χ2v) is 8.66. The summed E-state index contributed by atoms with van der Waals surface area (Å²) >= 11 is 7.21. The molecule has 0 amide bonds. The van der Waals surface area contributed by atoms with Crippen molar-refractivity contribution in [1.82, 2.24) is 0 Å². The van der Waals surface area contributed by atoms with E-state index < -0.39 is 23.1 Å². The number of halogens is 1. The average molecular weight is 520 g/mol. The molecule has 0 bridgehead atoms. The van der Waals surface area contributed by atoms with E-state index in [0.29, 0.717) is 15.6 Å². The Morgan fingerprint density at radius 1 is 1.24 bits per heavy atom. The van der Waals surface area contributed by atoms with Crippen LogP contribution in [0.3, 0.4) is 0 Å². The maximum Gasteiger partial charge on any atom is 1.00 e. The number of fused-ring (bicyclic) bond motifs is 1. The number of ketones is 1. The van der Waals surface area contributed by atoms with Crippen LogP contribution >= 0.6 is 22.9 Å². The smallest absolute Gasteiger partial charge is 0.870 e. The molecule has 7 nitrogen and oxygen atoms in total. The molecule has 168 valence electrons. The molecular formula is C24H19ClKN3O4S. The molecule has 0 unspecified atom stereocenters. The molecule has 0 saturated carbocycles. The molecule has 1 heterocycles. The van der Waals surface area contributed by atoms with Crippen molar-refractivity contribution in [2.24, 2.45) is 0 Å². The molecule has 1 aliphatic rings. The van der Waals surface area contributed by atoms with Crippen LogP contribution in [-0.4, -0.2) is 18.4 Å². The molecule has 1 aromatic carbocycles. The maximum atomic E-state index is 13.1. The fourth-order valence-electron chi connectivity index (χ4n) is 3.41. The number of benzene rings is 1. The zero-order chi connectivity index (χ0) is 24.0. The zero-order valence-corrected chi connectivity index (χ0v) is 23.4. The molecular weight excluding hydrogens is 501 g/mol. The summed E-state index contributed by atoms with van der Waals surface area (Å²) in [7, 11) is 0. The van der Waals surface area contributed by atoms with Gasteiger partial charge in [-0.2, -0.15) is 10.5 Å². The summed E-state index contributed by atoms with van der Waals surface area (Å²) in [5, 5.41) is 35.9. The van der Waals surface area contributed by atoms with Crippen LogP contribution in [0, 0.1) is 22.7 Å². The Bertz CT molecular complexity index is 1240. The van der Waals surface area contributed by atoms with Gasteiger partial charge in [0.25, 0.3) is 0 Å². The van der Waals surface area contributed by atoms with E-state index in [4.69, 9.17) is 16.3 Å². The zero-order valence-electron chi connectivity index (χ0n) is 18.7. The first-order chi connectivity index (χ1) is 15.9. The van der Waals surface area contributed by atoms with E-state index in [1.54, 1.807) is 13.0 Å². The number of aryl methyl sites for hydroxylation is 1. The third kappa shape index (κ3) is 6.58. The Labute approximate surface area is 249 Å². The summed E-state index contributed by atoms with van der Waals surface area (Å²) in [6, 6.07) is 9.80. The van der Waals surface area contributed by atoms with Crippen LogP contribution in [-0.2, 0) is 22.4 Å². The first kappa shape index (κ1) is 28.3. The first-order valence-electron chi connectivity index (χ1n) is 10.2. The number of carbonyl (C=O) groups is 2. The molecule has 0 radical (unpaired) electrons. The molecule has 1 N–H and O–H groups in total. The number of nitrogens with zero attached hydrogens (tertiary/aromatic N) is 2. The summed E-state index contributed by atoms with van der Waals surface area (Å²) in [4.78, 5) is 26.0. The number of esters is 1. The van der Waals surface area contributed by atoms with E-state index in [0.717, 1.165) is 42.2 Å². The van der Waals surface area contributed by atoms with Gasteiger partial charge >= 0.3 is 57.4 Å². The van der Waals surface area contributed by atoms with Crippen molar-refractivity contribution in [1.29, 1.82) is 10.5 Å². The fourth-order valence-corrected chi connectivity index (χ4v) is 4.79. The predicted octanol–water partition coefficient (Wildman–Crippen LogP) is 1.04. The Balaban J connectivity index is 0.00000408. The molecule has 0 saturated heterocycles. The molecule has 34 heavy (non-hydrogen) atoms. The summed E-state index contributed by atoms with van der Waals surface area (Å²) in [5.41, 5.74) is 0.532. The van der Waals surface area contributed by atoms with Crippen LogP contribution in [0.25, 0.3) is 0 Å². The Morgan fingerprint density at radius 2 is 1.91 bits per heavy atom. The van der Waals surface area contributed by atoms with Crippen molar-refractivity contribution in [3.05, 3.63) is 74.0 Å². The number of thiophene rings is 1. The standard InChI is InChI=1S/C24H20ClN3O4S.K/c1-2-32-24(31)18(13-27)22(30)19(11-20(29)14-7-9-15(25)10-8-14)28-23-17(12-26)16-5-3-4-6-21(16)33-23;/h7-11,28,30H,2-6H2,1H3;/q;+1/p-1. The second kappa shape index (κ2) is 13.2. The number of nitriles is 2. The monoisotopic (exact) mass is 519 g/mol. The van der Waals surface area contributed by atoms with Crippen molar-refractivity contribution in [3.63, 3.8) is 0 Å². The van der Waals surface area contributed by atoms with Crippen LogP contribution in [0.5, 0.6) is 0 Å². The number of carbonyl (C=O) groups excluding carboxylic acids is 2. The Hall–Kier alpha value is -1.95. The minimum Gasteiger partial charge on any atom is -0.870 e. The van der Waals surface area contributed by atoms with Gasteiger partial charge in [-0.05, 0) is 62.4 Å². The topological polar surface area (TPSA) is 126 Å². The third-order valence-corrected chi connectivity index (χ3v) is 6.46. The normalized spacial score (nSPS) is 13.4. The molecule has 3 rings (SSSR count). The molecule has 1 aliphatic carbocycles. The summed E-state index contributed by atoms with van der Waals surface area (Å²) < 4.78 is 4.81. The van der Waals surface area contributed by atoms with Crippen LogP contribution in [0.4, 0.5) is 5.00 Å². The van der Waals surface area contributed by atoms with Crippen molar-refractivity contribution >= 4 is 39.7 Å². The number of ether oxygens (including phenoxy) is 1. The summed E-state index contributed by atoms with van der Waals surface area (Å²) in [5.74, 6) is -2.61. The number of hydrogen-bond acceptors (Lipinski definition) is 8. The van der Waals surface area contributed by atoms with Gasteiger partial charge in [-0.3, -0.25) is 4.79 Å². The van der Waals surface area contributed by atoms with Crippen LogP contribution in [0.1, 0.15) is 46.1 Å². The van der Waals surface area contributed by atoms with Gasteiger partial charge < -0.3 is 15.2 Å². The predicted molar refractivity (Wildman–Crippen MR) is 122 cm³/mol. The van der Waals surface area contributed by atoms with Crippen molar-refractivity contribution in [2.45, 2.75) is 32.6 Å². The molecule has 0 atom stereocenters. The van der Waals surface area contributed by atoms with Gasteiger partial charge in [0, 0.05) is 27.2 Å². The van der Waals surface area contributed by atoms with Crippen molar-refractivity contribution in [2.75, 3.05) is 11.9 Å². The molecule has 0 fully saturated rings. The molecule has 2 aromatic rings. The minimum atomic E-state index is -1.08. The van der Waals surface area contributed by atoms with E-state index in [1.165, 1.54) is 35.6 Å². The van der Waals surface area contributed by atoms with Crippen molar-refractivity contribution < 1.29 is 70.8 Å². The van der Waals surface area contributed by atoms with E-state index in [-0.39, 0.29) is 69.3 Å². The van der Waals surface area contributed by atoms with Crippen LogP contribution < -0.4 is 61.8 Å². The Kier molecular flexibility index (Phi) is 11.0. The number of hydrogen-bond donors (Lipinski definition) is 1. The third-order valence-electron chi connectivity index (χ3n) is 5.00. The van der Waals surface area contributed by atoms with Gasteiger partial charge in [-0.1, -0.05) is 17.4 Å². The fraction of sp³-hybridized carbons (Fsp3) is 0.250. The van der Waals surface area contributed by atoms with E-state index >= 15 is 0 Å². The maximum absolute atomic E-state index is 13.1. The average Bonchev–Trinajstić information content (AvgIpc) is 3.16. The largest absolute Gasteiger partial charge is 1.00 e. The quantitative estimate of drug-likeness (QED) is 0.110. The number of anilines is 1.